The first kappa shape index (κ1) is 23.7. The van der Waals surface area contributed by atoms with E-state index in [4.69, 9.17) is 14.2 Å². The molecule has 1 amide bonds. The maximum absolute atomic E-state index is 12.8. The van der Waals surface area contributed by atoms with E-state index in [1.54, 1.807) is 19.1 Å². The zero-order chi connectivity index (χ0) is 22.8. The molecule has 0 fully saturated rings. The van der Waals surface area contributed by atoms with Crippen molar-refractivity contribution in [2.45, 2.75) is 40.3 Å². The van der Waals surface area contributed by atoms with Gasteiger partial charge in [-0.1, -0.05) is 50.2 Å². The smallest absolute Gasteiger partial charge is 0.411 e. The summed E-state index contributed by atoms with van der Waals surface area (Å²) in [6.07, 6.45) is -0.710. The van der Waals surface area contributed by atoms with Gasteiger partial charge in [0, 0.05) is 6.92 Å². The number of carbonyl (C=O) groups excluding carboxylic acids is 3. The molecule has 0 unspecified atom stereocenters. The highest BCUT2D eigenvalue weighted by Crippen LogP contribution is 2.34. The van der Waals surface area contributed by atoms with E-state index in [1.165, 1.54) is 13.0 Å². The molecule has 2 N–H and O–H groups in total. The van der Waals surface area contributed by atoms with E-state index in [2.05, 4.69) is 10.6 Å². The van der Waals surface area contributed by atoms with Crippen molar-refractivity contribution < 1.29 is 28.6 Å². The molecule has 2 aromatic carbocycles. The molecule has 0 spiro atoms. The molecule has 2 rings (SSSR count). The van der Waals surface area contributed by atoms with Crippen molar-refractivity contribution in [1.29, 1.82) is 0 Å². The summed E-state index contributed by atoms with van der Waals surface area (Å²) in [6.45, 7) is 6.99. The molecule has 8 nitrogen and oxygen atoms in total. The summed E-state index contributed by atoms with van der Waals surface area (Å²) in [4.78, 5) is 36.3. The predicted molar refractivity (Wildman–Crippen MR) is 117 cm³/mol. The molecular formula is C23H28N2O6. The molecule has 0 aliphatic rings. The van der Waals surface area contributed by atoms with Crippen molar-refractivity contribution in [3.05, 3.63) is 54.1 Å². The average molecular weight is 428 g/mol. The van der Waals surface area contributed by atoms with Crippen LogP contribution in [0.3, 0.4) is 0 Å². The first-order valence-corrected chi connectivity index (χ1v) is 10.0. The van der Waals surface area contributed by atoms with Gasteiger partial charge in [0.05, 0.1) is 12.3 Å². The van der Waals surface area contributed by atoms with E-state index in [1.807, 2.05) is 44.2 Å². The average Bonchev–Trinajstić information content (AvgIpc) is 2.72. The molecule has 0 aliphatic heterocycles. The van der Waals surface area contributed by atoms with Crippen LogP contribution in [0, 0.1) is 5.92 Å². The molecule has 31 heavy (non-hydrogen) atoms. The molecule has 0 radical (unpaired) electrons. The molecule has 0 bridgehead atoms. The van der Waals surface area contributed by atoms with Gasteiger partial charge in [-0.25, -0.2) is 9.59 Å². The summed E-state index contributed by atoms with van der Waals surface area (Å²) in [7, 11) is 0. The lowest BCUT2D eigenvalue weighted by Gasteiger charge is -2.24. The van der Waals surface area contributed by atoms with Gasteiger partial charge in [-0.3, -0.25) is 10.1 Å². The summed E-state index contributed by atoms with van der Waals surface area (Å²) in [5.74, 6) is -0.993. The molecule has 0 saturated heterocycles. The highest BCUT2D eigenvalue weighted by molar-refractivity contribution is 5.94. The van der Waals surface area contributed by atoms with Gasteiger partial charge in [-0.15, -0.1) is 0 Å². The summed E-state index contributed by atoms with van der Waals surface area (Å²) < 4.78 is 15.6. The number of carbonyl (C=O) groups is 3. The van der Waals surface area contributed by atoms with Crippen LogP contribution in [0.2, 0.25) is 0 Å². The van der Waals surface area contributed by atoms with E-state index >= 15 is 0 Å². The summed E-state index contributed by atoms with van der Waals surface area (Å²) >= 11 is 0. The van der Waals surface area contributed by atoms with Gasteiger partial charge < -0.3 is 19.5 Å². The second-order valence-corrected chi connectivity index (χ2v) is 7.08. The van der Waals surface area contributed by atoms with E-state index in [9.17, 15) is 14.4 Å². The Morgan fingerprint density at radius 2 is 1.68 bits per heavy atom. The summed E-state index contributed by atoms with van der Waals surface area (Å²) in [5, 5.41) is 5.68. The van der Waals surface area contributed by atoms with Crippen LogP contribution < -0.4 is 15.4 Å². The fraction of sp³-hybridized carbons (Fsp3) is 0.348. The number of hydrogen-bond donors (Lipinski definition) is 2. The number of amides is 1. The Balaban J connectivity index is 2.25. The number of benzene rings is 2. The lowest BCUT2D eigenvalue weighted by Crippen LogP contribution is -2.36. The number of esters is 2. The van der Waals surface area contributed by atoms with Crippen LogP contribution in [0.5, 0.6) is 5.75 Å². The minimum Gasteiger partial charge on any atom is -0.459 e. The Bertz CT molecular complexity index is 898. The summed E-state index contributed by atoms with van der Waals surface area (Å²) in [5.41, 5.74) is 1.46. The van der Waals surface area contributed by atoms with Crippen molar-refractivity contribution in [2.24, 2.45) is 5.92 Å². The first-order chi connectivity index (χ1) is 14.8. The lowest BCUT2D eigenvalue weighted by molar-refractivity contribution is -0.147. The Labute approximate surface area is 181 Å². The second-order valence-electron chi connectivity index (χ2n) is 7.08. The molecule has 1 atom stereocenters. The van der Waals surface area contributed by atoms with Crippen LogP contribution in [0.25, 0.3) is 0 Å². The molecular weight excluding hydrogens is 400 g/mol. The van der Waals surface area contributed by atoms with E-state index < -0.39 is 24.1 Å². The Morgan fingerprint density at radius 1 is 0.968 bits per heavy atom. The molecule has 0 aliphatic carbocycles. The highest BCUT2D eigenvalue weighted by atomic mass is 16.6. The SMILES string of the molecule is CCOC(=O)Nc1c(N[C@H](C(=O)OCc2ccccc2)C(C)C)cccc1OC(C)=O. The van der Waals surface area contributed by atoms with Crippen LogP contribution in [0.1, 0.15) is 33.3 Å². The fourth-order valence-electron chi connectivity index (χ4n) is 2.77. The number of anilines is 2. The molecule has 0 aromatic heterocycles. The van der Waals surface area contributed by atoms with Gasteiger partial charge >= 0.3 is 18.0 Å². The predicted octanol–water partition coefficient (Wildman–Crippen LogP) is 4.36. The van der Waals surface area contributed by atoms with Crippen LogP contribution in [-0.2, 0) is 25.7 Å². The second kappa shape index (κ2) is 11.6. The third-order valence-corrected chi connectivity index (χ3v) is 4.24. The van der Waals surface area contributed by atoms with Crippen molar-refractivity contribution in [2.75, 3.05) is 17.2 Å². The number of ether oxygens (including phenoxy) is 3. The van der Waals surface area contributed by atoms with Gasteiger partial charge in [0.2, 0.25) is 0 Å². The summed E-state index contributed by atoms with van der Waals surface area (Å²) in [6, 6.07) is 13.5. The number of nitrogens with one attached hydrogen (secondary N) is 2. The van der Waals surface area contributed by atoms with Crippen molar-refractivity contribution in [3.63, 3.8) is 0 Å². The normalized spacial score (nSPS) is 11.4. The van der Waals surface area contributed by atoms with E-state index in [0.717, 1.165) is 5.56 Å². The minimum absolute atomic E-state index is 0.129. The molecule has 8 heteroatoms. The first-order valence-electron chi connectivity index (χ1n) is 10.0. The van der Waals surface area contributed by atoms with Crippen LogP contribution >= 0.6 is 0 Å². The Kier molecular flexibility index (Phi) is 8.87. The highest BCUT2D eigenvalue weighted by Gasteiger charge is 2.26. The minimum atomic E-state index is -0.710. The fourth-order valence-corrected chi connectivity index (χ4v) is 2.77. The molecule has 2 aromatic rings. The lowest BCUT2D eigenvalue weighted by atomic mass is 10.0. The monoisotopic (exact) mass is 428 g/mol. The quantitative estimate of drug-likeness (QED) is 0.452. The third kappa shape index (κ3) is 7.33. The molecule has 0 saturated carbocycles. The third-order valence-electron chi connectivity index (χ3n) is 4.24. The molecule has 0 heterocycles. The van der Waals surface area contributed by atoms with Crippen molar-refractivity contribution in [3.8, 4) is 5.75 Å². The topological polar surface area (TPSA) is 103 Å². The maximum Gasteiger partial charge on any atom is 0.411 e. The zero-order valence-electron chi connectivity index (χ0n) is 18.1. The van der Waals surface area contributed by atoms with Gasteiger partial charge in [0.15, 0.2) is 5.75 Å². The van der Waals surface area contributed by atoms with Gasteiger partial charge in [0.1, 0.15) is 18.3 Å². The van der Waals surface area contributed by atoms with Crippen molar-refractivity contribution in [1.82, 2.24) is 0 Å². The van der Waals surface area contributed by atoms with E-state index in [-0.39, 0.29) is 30.6 Å². The number of hydrogen-bond acceptors (Lipinski definition) is 7. The molecule has 166 valence electrons. The van der Waals surface area contributed by atoms with Crippen LogP contribution in [0.4, 0.5) is 16.2 Å². The van der Waals surface area contributed by atoms with Gasteiger partial charge in [-0.05, 0) is 30.5 Å². The Morgan fingerprint density at radius 3 is 2.29 bits per heavy atom. The van der Waals surface area contributed by atoms with Crippen molar-refractivity contribution >= 4 is 29.4 Å². The van der Waals surface area contributed by atoms with Crippen LogP contribution in [-0.4, -0.2) is 30.7 Å². The Hall–Kier alpha value is -3.55. The standard InChI is InChI=1S/C23H28N2O6/c1-5-29-23(28)25-21-18(12-9-13-19(21)31-16(4)26)24-20(15(2)3)22(27)30-14-17-10-7-6-8-11-17/h6-13,15,20,24H,5,14H2,1-4H3,(H,25,28)/t20-/m0/s1. The number of para-hydroxylation sites is 1. The number of rotatable bonds is 9. The van der Waals surface area contributed by atoms with Crippen LogP contribution in [0.15, 0.2) is 48.5 Å². The zero-order valence-corrected chi connectivity index (χ0v) is 18.1. The maximum atomic E-state index is 12.8. The van der Waals surface area contributed by atoms with E-state index in [0.29, 0.717) is 5.69 Å². The van der Waals surface area contributed by atoms with Gasteiger partial charge in [0.25, 0.3) is 0 Å². The van der Waals surface area contributed by atoms with Gasteiger partial charge in [-0.2, -0.15) is 0 Å². The largest absolute Gasteiger partial charge is 0.459 e.